The van der Waals surface area contributed by atoms with E-state index >= 15 is 0 Å². The fraction of sp³-hybridized carbons (Fsp3) is 0.233. The van der Waals surface area contributed by atoms with Gasteiger partial charge in [0.05, 0.1) is 14.8 Å². The second-order valence-corrected chi connectivity index (χ2v) is 16.2. The summed E-state index contributed by atoms with van der Waals surface area (Å²) in [6, 6.07) is 26.2. The molecule has 2 unspecified atom stereocenters. The molecular weight excluding hydrogens is 753 g/mol. The first-order valence-electron chi connectivity index (χ1n) is 18.2. The molecule has 2 saturated carbocycles. The number of Topliss-reactive ketones (excluding diaryl/α,β-unsaturated/α-hetero) is 4. The van der Waals surface area contributed by atoms with Crippen molar-refractivity contribution >= 4 is 73.5 Å². The lowest BCUT2D eigenvalue weighted by molar-refractivity contribution is -0.183. The number of aliphatic imine (C=N–C) groups is 1. The summed E-state index contributed by atoms with van der Waals surface area (Å²) in [5.41, 5.74) is -0.626. The molecular formula is C43H32N2O9S2. The third-order valence-electron chi connectivity index (χ3n) is 10.7. The zero-order chi connectivity index (χ0) is 38.6. The number of benzene rings is 3. The molecule has 9 rings (SSSR count). The van der Waals surface area contributed by atoms with Gasteiger partial charge in [0.1, 0.15) is 24.0 Å². The number of esters is 2. The van der Waals surface area contributed by atoms with Crippen LogP contribution in [0, 0.1) is 11.8 Å². The van der Waals surface area contributed by atoms with Gasteiger partial charge in [-0.15, -0.1) is 22.7 Å². The second kappa shape index (κ2) is 14.2. The van der Waals surface area contributed by atoms with Crippen LogP contribution < -0.4 is 10.1 Å². The number of nitrogens with one attached hydrogen (secondary N) is 1. The van der Waals surface area contributed by atoms with E-state index in [0.29, 0.717) is 49.9 Å². The maximum Gasteiger partial charge on any atom is 0.367 e. The molecule has 13 heteroatoms. The Morgan fingerprint density at radius 2 is 1.23 bits per heavy atom. The topological polar surface area (TPSA) is 154 Å². The van der Waals surface area contributed by atoms with Crippen LogP contribution in [0.2, 0.25) is 0 Å². The summed E-state index contributed by atoms with van der Waals surface area (Å²) in [4.78, 5) is 88.2. The van der Waals surface area contributed by atoms with Gasteiger partial charge < -0.3 is 19.5 Å². The Labute approximate surface area is 328 Å². The summed E-state index contributed by atoms with van der Waals surface area (Å²) in [7, 11) is 0. The molecule has 11 nitrogen and oxygen atoms in total. The quantitative estimate of drug-likeness (QED) is 0.118. The van der Waals surface area contributed by atoms with Gasteiger partial charge in [-0.25, -0.2) is 14.6 Å². The molecule has 280 valence electrons. The molecule has 3 aromatic carbocycles. The molecule has 3 heterocycles. The number of rotatable bonds is 9. The third-order valence-corrected chi connectivity index (χ3v) is 12.9. The smallest absolute Gasteiger partial charge is 0.367 e. The first-order valence-corrected chi connectivity index (χ1v) is 19.9. The molecule has 1 aliphatic heterocycles. The van der Waals surface area contributed by atoms with Crippen LogP contribution in [0.4, 0.5) is 10.0 Å². The van der Waals surface area contributed by atoms with E-state index in [1.807, 2.05) is 12.1 Å². The van der Waals surface area contributed by atoms with Gasteiger partial charge >= 0.3 is 17.5 Å². The first-order chi connectivity index (χ1) is 27.2. The van der Waals surface area contributed by atoms with E-state index in [0.717, 1.165) is 35.5 Å². The Balaban J connectivity index is 1.14. The maximum atomic E-state index is 14.6. The minimum atomic E-state index is -2.51. The lowest BCUT2D eigenvalue weighted by Gasteiger charge is -2.33. The summed E-state index contributed by atoms with van der Waals surface area (Å²) in [6.45, 7) is -0.376. The van der Waals surface area contributed by atoms with Gasteiger partial charge in [0.15, 0.2) is 34.9 Å². The molecule has 0 saturated heterocycles. The van der Waals surface area contributed by atoms with Gasteiger partial charge in [-0.2, -0.15) is 0 Å². The number of carbonyl (C=O) groups excluding carboxylic acids is 6. The average Bonchev–Trinajstić information content (AvgIpc) is 3.97. The lowest BCUT2D eigenvalue weighted by atomic mass is 9.81. The number of thiophene rings is 2. The van der Waals surface area contributed by atoms with Crippen LogP contribution in [0.3, 0.4) is 0 Å². The van der Waals surface area contributed by atoms with Crippen LogP contribution in [0.25, 0.3) is 9.75 Å². The molecule has 1 N–H and O–H groups in total. The molecule has 0 bridgehead atoms. The van der Waals surface area contributed by atoms with Crippen molar-refractivity contribution in [2.24, 2.45) is 16.8 Å². The zero-order valence-electron chi connectivity index (χ0n) is 29.7. The highest BCUT2D eigenvalue weighted by atomic mass is 32.1. The molecule has 56 heavy (non-hydrogen) atoms. The van der Waals surface area contributed by atoms with Crippen molar-refractivity contribution in [1.82, 2.24) is 0 Å². The number of ether oxygens (including phenoxy) is 3. The van der Waals surface area contributed by atoms with Crippen molar-refractivity contribution in [2.75, 3.05) is 5.32 Å². The predicted octanol–water partition coefficient (Wildman–Crippen LogP) is 7.44. The first kappa shape index (κ1) is 35.6. The largest absolute Gasteiger partial charge is 0.458 e. The maximum absolute atomic E-state index is 14.6. The highest BCUT2D eigenvalue weighted by Gasteiger charge is 2.59. The minimum Gasteiger partial charge on any atom is -0.458 e. The number of anilines is 1. The lowest BCUT2D eigenvalue weighted by Crippen LogP contribution is -2.52. The number of hydrogen-bond acceptors (Lipinski definition) is 13. The normalized spacial score (nSPS) is 19.4. The van der Waals surface area contributed by atoms with Crippen molar-refractivity contribution in [3.63, 3.8) is 0 Å². The fourth-order valence-corrected chi connectivity index (χ4v) is 10.1. The standard InChI is InChI=1S/C43H32N2O9S2/c46-35-25-15-7-8-16-26(25)36(47)33(35)44-31-19-29-39(55-31)40-30(20-32(56-40)45-34-37(48)27-17-9-10-18-28(27)38(34)49)54-43(29,41(50)52-21-23-11-3-1-4-12-23)42(51)53-22-24-13-5-2-6-14-24/h1-8,11-16,19-20,27-28,33,44H,9-10,17-18,21-22H2. The van der Waals surface area contributed by atoms with Gasteiger partial charge in [0.25, 0.3) is 0 Å². The molecule has 4 aliphatic rings. The van der Waals surface area contributed by atoms with E-state index in [1.54, 1.807) is 72.8 Å². The predicted molar refractivity (Wildman–Crippen MR) is 207 cm³/mol. The van der Waals surface area contributed by atoms with Crippen LogP contribution in [0.1, 0.15) is 63.1 Å². The summed E-state index contributed by atoms with van der Waals surface area (Å²) < 4.78 is 18.1. The van der Waals surface area contributed by atoms with E-state index < -0.39 is 35.1 Å². The molecule has 2 fully saturated rings. The SMILES string of the molecule is O=C1c2ccccc2C(=O)C1Nc1cc2c(s1)-c1sc(N=C3C(=O)C4CCCCC4C3=O)cc1OC2(C(=O)OCc1ccccc1)C(=O)OCc1ccccc1. The van der Waals surface area contributed by atoms with Crippen LogP contribution in [-0.2, 0) is 47.5 Å². The Morgan fingerprint density at radius 3 is 1.79 bits per heavy atom. The highest BCUT2D eigenvalue weighted by Crippen LogP contribution is 2.56. The fourth-order valence-electron chi connectivity index (χ4n) is 7.87. The zero-order valence-corrected chi connectivity index (χ0v) is 31.3. The van der Waals surface area contributed by atoms with E-state index in [4.69, 9.17) is 14.2 Å². The van der Waals surface area contributed by atoms with Crippen molar-refractivity contribution in [1.29, 1.82) is 0 Å². The van der Waals surface area contributed by atoms with E-state index in [-0.39, 0.29) is 58.6 Å². The summed E-state index contributed by atoms with van der Waals surface area (Å²) in [6.07, 6.45) is 3.03. The highest BCUT2D eigenvalue weighted by molar-refractivity contribution is 7.26. The van der Waals surface area contributed by atoms with E-state index in [2.05, 4.69) is 10.3 Å². The van der Waals surface area contributed by atoms with E-state index in [9.17, 15) is 28.8 Å². The van der Waals surface area contributed by atoms with Crippen molar-refractivity contribution in [3.05, 3.63) is 125 Å². The van der Waals surface area contributed by atoms with Gasteiger partial charge in [-0.3, -0.25) is 19.2 Å². The van der Waals surface area contributed by atoms with Crippen LogP contribution >= 0.6 is 22.7 Å². The van der Waals surface area contributed by atoms with Gasteiger partial charge in [0.2, 0.25) is 0 Å². The van der Waals surface area contributed by atoms with Gasteiger partial charge in [-0.1, -0.05) is 97.8 Å². The summed E-state index contributed by atoms with van der Waals surface area (Å²) in [5, 5.41) is 3.62. The second-order valence-electron chi connectivity index (χ2n) is 14.1. The van der Waals surface area contributed by atoms with Gasteiger partial charge in [0, 0.05) is 34.6 Å². The van der Waals surface area contributed by atoms with Crippen LogP contribution in [-0.4, -0.2) is 46.8 Å². The number of fused-ring (bicyclic) bond motifs is 5. The Hall–Kier alpha value is -6.05. The molecule has 0 spiro atoms. The Morgan fingerprint density at radius 1 is 0.696 bits per heavy atom. The molecule has 2 aromatic heterocycles. The summed E-state index contributed by atoms with van der Waals surface area (Å²) >= 11 is 2.23. The van der Waals surface area contributed by atoms with Crippen molar-refractivity contribution < 1.29 is 43.0 Å². The molecule has 5 aromatic rings. The molecule has 3 aliphatic carbocycles. The summed E-state index contributed by atoms with van der Waals surface area (Å²) in [5.74, 6) is -4.15. The third kappa shape index (κ3) is 5.98. The number of ketones is 4. The Bertz CT molecular complexity index is 2370. The van der Waals surface area contributed by atoms with Crippen molar-refractivity contribution in [3.8, 4) is 15.5 Å². The van der Waals surface area contributed by atoms with Crippen LogP contribution in [0.5, 0.6) is 5.75 Å². The Kier molecular flexibility index (Phi) is 9.05. The molecule has 0 radical (unpaired) electrons. The molecule has 2 atom stereocenters. The van der Waals surface area contributed by atoms with Gasteiger partial charge in [-0.05, 0) is 30.0 Å². The minimum absolute atomic E-state index is 0.0733. The number of carbonyl (C=O) groups is 6. The number of hydrogen-bond donors (Lipinski definition) is 1. The van der Waals surface area contributed by atoms with Crippen molar-refractivity contribution in [2.45, 2.75) is 50.5 Å². The number of nitrogens with zero attached hydrogens (tertiary/aromatic N) is 1. The average molecular weight is 785 g/mol. The van der Waals surface area contributed by atoms with E-state index in [1.165, 1.54) is 12.1 Å². The van der Waals surface area contributed by atoms with Crippen LogP contribution in [0.15, 0.2) is 102 Å². The monoisotopic (exact) mass is 784 g/mol. The molecule has 0 amide bonds.